The lowest BCUT2D eigenvalue weighted by molar-refractivity contribution is 0.298. The van der Waals surface area contributed by atoms with Crippen molar-refractivity contribution in [2.75, 3.05) is 31.5 Å². The van der Waals surface area contributed by atoms with E-state index in [0.717, 1.165) is 42.8 Å². The van der Waals surface area contributed by atoms with Gasteiger partial charge >= 0.3 is 0 Å². The van der Waals surface area contributed by atoms with E-state index in [4.69, 9.17) is 0 Å². The quantitative estimate of drug-likeness (QED) is 0.420. The highest BCUT2D eigenvalue weighted by Gasteiger charge is 2.12. The van der Waals surface area contributed by atoms with Crippen LogP contribution in [0.2, 0.25) is 0 Å². The smallest absolute Gasteiger partial charge is 0.133 e. The Morgan fingerprint density at radius 2 is 1.86 bits per heavy atom. The standard InChI is InChI=1S/C23H29N5/c1-4-28(5-2)13-7-6-10-25-23-19-14-18-20-15-24-11-9-21(20)27-22(18)16(3)17(19)8-12-26-23/h8-9,11-12,14-15,27H,4-7,10,13H2,1-3H3,(H,25,26). The molecule has 0 unspecified atom stereocenters. The van der Waals surface area contributed by atoms with Crippen LogP contribution in [-0.4, -0.2) is 46.0 Å². The zero-order valence-corrected chi connectivity index (χ0v) is 17.0. The van der Waals surface area contributed by atoms with Crippen molar-refractivity contribution < 1.29 is 0 Å². The first-order chi connectivity index (χ1) is 13.7. The molecule has 2 N–H and O–H groups in total. The highest BCUT2D eigenvalue weighted by molar-refractivity contribution is 6.15. The molecule has 0 aliphatic carbocycles. The highest BCUT2D eigenvalue weighted by Crippen LogP contribution is 2.34. The van der Waals surface area contributed by atoms with Gasteiger partial charge in [0.25, 0.3) is 0 Å². The molecule has 3 aromatic heterocycles. The third kappa shape index (κ3) is 3.42. The molecular weight excluding hydrogens is 346 g/mol. The fourth-order valence-corrected chi connectivity index (χ4v) is 4.07. The molecule has 0 radical (unpaired) electrons. The van der Waals surface area contributed by atoms with E-state index in [2.05, 4.69) is 58.1 Å². The number of H-pyrrole nitrogens is 1. The summed E-state index contributed by atoms with van der Waals surface area (Å²) in [4.78, 5) is 15.0. The van der Waals surface area contributed by atoms with Crippen molar-refractivity contribution in [2.45, 2.75) is 33.6 Å². The second kappa shape index (κ2) is 8.15. The van der Waals surface area contributed by atoms with Gasteiger partial charge in [0.1, 0.15) is 5.82 Å². The first kappa shape index (κ1) is 18.7. The second-order valence-corrected chi connectivity index (χ2v) is 7.39. The van der Waals surface area contributed by atoms with E-state index in [-0.39, 0.29) is 0 Å². The number of rotatable bonds is 8. The van der Waals surface area contributed by atoms with E-state index in [1.807, 2.05) is 24.7 Å². The molecular formula is C23H29N5. The summed E-state index contributed by atoms with van der Waals surface area (Å²) in [5, 5.41) is 8.38. The number of pyridine rings is 2. The average molecular weight is 376 g/mol. The molecule has 5 nitrogen and oxygen atoms in total. The van der Waals surface area contributed by atoms with Gasteiger partial charge in [0.15, 0.2) is 0 Å². The predicted molar refractivity (Wildman–Crippen MR) is 119 cm³/mol. The molecule has 28 heavy (non-hydrogen) atoms. The summed E-state index contributed by atoms with van der Waals surface area (Å²) >= 11 is 0. The fraction of sp³-hybridized carbons (Fsp3) is 0.391. The van der Waals surface area contributed by atoms with Crippen molar-refractivity contribution >= 4 is 38.4 Å². The van der Waals surface area contributed by atoms with Crippen LogP contribution < -0.4 is 5.32 Å². The number of hydrogen-bond acceptors (Lipinski definition) is 4. The summed E-state index contributed by atoms with van der Waals surface area (Å²) in [5.41, 5.74) is 3.57. The third-order valence-corrected chi connectivity index (χ3v) is 5.79. The maximum absolute atomic E-state index is 4.64. The van der Waals surface area contributed by atoms with Crippen molar-refractivity contribution in [2.24, 2.45) is 0 Å². The normalized spacial score (nSPS) is 11.9. The number of hydrogen-bond donors (Lipinski definition) is 2. The van der Waals surface area contributed by atoms with Gasteiger partial charge in [0, 0.05) is 46.8 Å². The lowest BCUT2D eigenvalue weighted by atomic mass is 10.0. The van der Waals surface area contributed by atoms with E-state index < -0.39 is 0 Å². The second-order valence-electron chi connectivity index (χ2n) is 7.39. The van der Waals surface area contributed by atoms with Crippen LogP contribution in [0.3, 0.4) is 0 Å². The van der Waals surface area contributed by atoms with Gasteiger partial charge in [-0.3, -0.25) is 4.98 Å². The van der Waals surface area contributed by atoms with E-state index in [9.17, 15) is 0 Å². The van der Waals surface area contributed by atoms with Crippen LogP contribution in [0, 0.1) is 6.92 Å². The van der Waals surface area contributed by atoms with Gasteiger partial charge in [0.05, 0.1) is 5.52 Å². The summed E-state index contributed by atoms with van der Waals surface area (Å²) in [6, 6.07) is 6.40. The molecule has 4 rings (SSSR count). The average Bonchev–Trinajstić information content (AvgIpc) is 3.10. The van der Waals surface area contributed by atoms with Gasteiger partial charge in [-0.15, -0.1) is 0 Å². The van der Waals surface area contributed by atoms with Gasteiger partial charge < -0.3 is 15.2 Å². The van der Waals surface area contributed by atoms with Crippen LogP contribution in [0.4, 0.5) is 5.82 Å². The summed E-state index contributed by atoms with van der Waals surface area (Å²) < 4.78 is 0. The van der Waals surface area contributed by atoms with E-state index in [1.54, 1.807) is 0 Å². The molecule has 0 saturated heterocycles. The van der Waals surface area contributed by atoms with Crippen LogP contribution >= 0.6 is 0 Å². The number of fused-ring (bicyclic) bond motifs is 4. The van der Waals surface area contributed by atoms with Gasteiger partial charge in [-0.1, -0.05) is 13.8 Å². The summed E-state index contributed by atoms with van der Waals surface area (Å²) in [5.74, 6) is 0.976. The van der Waals surface area contributed by atoms with E-state index in [1.165, 1.54) is 40.2 Å². The topological polar surface area (TPSA) is 56.8 Å². The molecule has 1 aromatic carbocycles. The van der Waals surface area contributed by atoms with Crippen LogP contribution in [0.15, 0.2) is 36.8 Å². The molecule has 0 aliphatic heterocycles. The van der Waals surface area contributed by atoms with E-state index >= 15 is 0 Å². The molecule has 3 heterocycles. The van der Waals surface area contributed by atoms with Crippen molar-refractivity contribution in [1.29, 1.82) is 0 Å². The number of aromatic nitrogens is 3. The largest absolute Gasteiger partial charge is 0.370 e. The Kier molecular flexibility index (Phi) is 5.44. The Morgan fingerprint density at radius 1 is 1.00 bits per heavy atom. The van der Waals surface area contributed by atoms with Crippen LogP contribution in [0.5, 0.6) is 0 Å². The first-order valence-corrected chi connectivity index (χ1v) is 10.3. The Bertz CT molecular complexity index is 1090. The Balaban J connectivity index is 1.60. The molecule has 146 valence electrons. The first-order valence-electron chi connectivity index (χ1n) is 10.3. The SMILES string of the molecule is CCN(CC)CCCCNc1nccc2c(C)c3[nH]c4ccncc4c3cc12. The predicted octanol–water partition coefficient (Wildman–Crippen LogP) is 5.11. The third-order valence-electron chi connectivity index (χ3n) is 5.79. The number of benzene rings is 1. The lowest BCUT2D eigenvalue weighted by Gasteiger charge is -2.17. The Morgan fingerprint density at radius 3 is 2.68 bits per heavy atom. The number of anilines is 1. The van der Waals surface area contributed by atoms with E-state index in [0.29, 0.717) is 0 Å². The monoisotopic (exact) mass is 375 g/mol. The number of nitrogens with one attached hydrogen (secondary N) is 2. The molecule has 0 saturated carbocycles. The van der Waals surface area contributed by atoms with Gasteiger partial charge in [0.2, 0.25) is 0 Å². The number of aromatic amines is 1. The van der Waals surface area contributed by atoms with Crippen LogP contribution in [0.1, 0.15) is 32.3 Å². The van der Waals surface area contributed by atoms with Crippen LogP contribution in [-0.2, 0) is 0 Å². The summed E-state index contributed by atoms with van der Waals surface area (Å²) in [6.07, 6.45) is 8.03. The van der Waals surface area contributed by atoms with Crippen molar-refractivity contribution in [3.8, 4) is 0 Å². The zero-order chi connectivity index (χ0) is 19.5. The number of aryl methyl sites for hydroxylation is 1. The van der Waals surface area contributed by atoms with Crippen LogP contribution in [0.25, 0.3) is 32.6 Å². The molecule has 0 bridgehead atoms. The molecule has 4 aromatic rings. The van der Waals surface area contributed by atoms with Gasteiger partial charge in [-0.05, 0) is 68.5 Å². The maximum Gasteiger partial charge on any atom is 0.133 e. The lowest BCUT2D eigenvalue weighted by Crippen LogP contribution is -2.24. The molecule has 0 aliphatic rings. The molecule has 0 spiro atoms. The molecule has 0 atom stereocenters. The van der Waals surface area contributed by atoms with Crippen molar-refractivity contribution in [3.05, 3.63) is 42.4 Å². The minimum atomic E-state index is 0.944. The van der Waals surface area contributed by atoms with Gasteiger partial charge in [-0.2, -0.15) is 0 Å². The maximum atomic E-state index is 4.64. The van der Waals surface area contributed by atoms with Crippen molar-refractivity contribution in [3.63, 3.8) is 0 Å². The van der Waals surface area contributed by atoms with Crippen molar-refractivity contribution in [1.82, 2.24) is 19.9 Å². The number of nitrogens with zero attached hydrogens (tertiary/aromatic N) is 3. The van der Waals surface area contributed by atoms with Gasteiger partial charge in [-0.25, -0.2) is 4.98 Å². The minimum Gasteiger partial charge on any atom is -0.370 e. The summed E-state index contributed by atoms with van der Waals surface area (Å²) in [6.45, 7) is 11.0. The fourth-order valence-electron chi connectivity index (χ4n) is 4.07. The highest BCUT2D eigenvalue weighted by atomic mass is 15.1. The number of unbranched alkanes of at least 4 members (excludes halogenated alkanes) is 1. The Hall–Kier alpha value is -2.66. The molecule has 0 fully saturated rings. The molecule has 5 heteroatoms. The minimum absolute atomic E-state index is 0.944. The summed E-state index contributed by atoms with van der Waals surface area (Å²) in [7, 11) is 0. The zero-order valence-electron chi connectivity index (χ0n) is 17.0. The Labute approximate surface area is 166 Å². The molecule has 0 amide bonds.